The van der Waals surface area contributed by atoms with Crippen molar-refractivity contribution in [1.82, 2.24) is 10.2 Å². The topological polar surface area (TPSA) is 58.4 Å². The summed E-state index contributed by atoms with van der Waals surface area (Å²) < 4.78 is 0.783. The number of likely N-dealkylation sites (tertiary alicyclic amines) is 1. The Morgan fingerprint density at radius 3 is 2.57 bits per heavy atom. The number of aryl methyl sites for hydroxylation is 1. The maximum absolute atomic E-state index is 12.6. The zero-order valence-electron chi connectivity index (χ0n) is 12.3. The molecule has 0 aliphatic carbocycles. The van der Waals surface area contributed by atoms with E-state index in [-0.39, 0.29) is 5.91 Å². The molecule has 1 saturated heterocycles. The highest BCUT2D eigenvalue weighted by molar-refractivity contribution is 9.10. The van der Waals surface area contributed by atoms with Gasteiger partial charge in [0.15, 0.2) is 0 Å². The number of carbonyl (C=O) groups is 1. The van der Waals surface area contributed by atoms with Crippen LogP contribution in [-0.4, -0.2) is 41.5 Å². The minimum Gasteiger partial charge on any atom is -0.391 e. The Morgan fingerprint density at radius 2 is 2.05 bits per heavy atom. The second-order valence-corrected chi connectivity index (χ2v) is 6.98. The number of hydrogen-bond acceptors (Lipinski definition) is 3. The van der Waals surface area contributed by atoms with Gasteiger partial charge in [-0.15, -0.1) is 0 Å². The van der Waals surface area contributed by atoms with Gasteiger partial charge >= 0.3 is 0 Å². The van der Waals surface area contributed by atoms with Gasteiger partial charge in [0.05, 0.1) is 16.1 Å². The van der Waals surface area contributed by atoms with Crippen molar-refractivity contribution >= 4 is 39.0 Å². The third kappa shape index (κ3) is 3.62. The number of nitrogens with two attached hydrogens (primary N) is 1. The van der Waals surface area contributed by atoms with Crippen LogP contribution in [0.15, 0.2) is 22.7 Å². The van der Waals surface area contributed by atoms with Crippen molar-refractivity contribution in [2.75, 3.05) is 20.1 Å². The molecule has 1 amide bonds. The fraction of sp³-hybridized carbons (Fsp3) is 0.467. The smallest absolute Gasteiger partial charge is 0.253 e. The molecule has 4 nitrogen and oxygen atoms in total. The Bertz CT molecular complexity index is 568. The average Bonchev–Trinajstić information content (AvgIpc) is 2.41. The van der Waals surface area contributed by atoms with E-state index in [1.165, 1.54) is 0 Å². The van der Waals surface area contributed by atoms with Gasteiger partial charge in [-0.05, 0) is 60.4 Å². The van der Waals surface area contributed by atoms with Gasteiger partial charge in [-0.2, -0.15) is 0 Å². The molecule has 0 bridgehead atoms. The van der Waals surface area contributed by atoms with Crippen LogP contribution < -0.4 is 11.1 Å². The van der Waals surface area contributed by atoms with Gasteiger partial charge in [-0.25, -0.2) is 0 Å². The standard InChI is InChI=1S/C15H20BrN3OS/c1-10-3-4-11(12(16)9-10)13(20)18-15(14(17)21)5-7-19(2)8-6-15/h3-4,9H,5-8H2,1-2H3,(H2,17,21)(H,18,20). The number of carbonyl (C=O) groups excluding carboxylic acids is 1. The number of benzene rings is 1. The fourth-order valence-corrected chi connectivity index (χ4v) is 3.45. The van der Waals surface area contributed by atoms with Crippen LogP contribution in [0.2, 0.25) is 0 Å². The summed E-state index contributed by atoms with van der Waals surface area (Å²) in [6.07, 6.45) is 1.49. The van der Waals surface area contributed by atoms with Crippen molar-refractivity contribution in [2.24, 2.45) is 5.73 Å². The lowest BCUT2D eigenvalue weighted by Crippen LogP contribution is -2.61. The van der Waals surface area contributed by atoms with Crippen LogP contribution in [0.4, 0.5) is 0 Å². The van der Waals surface area contributed by atoms with E-state index in [0.717, 1.165) is 36.0 Å². The molecular weight excluding hydrogens is 350 g/mol. The molecule has 1 fully saturated rings. The molecule has 1 aliphatic heterocycles. The molecule has 2 rings (SSSR count). The van der Waals surface area contributed by atoms with Gasteiger partial charge < -0.3 is 16.0 Å². The molecule has 1 aromatic carbocycles. The van der Waals surface area contributed by atoms with Crippen molar-refractivity contribution in [3.8, 4) is 0 Å². The van der Waals surface area contributed by atoms with Gasteiger partial charge in [0, 0.05) is 17.6 Å². The third-order valence-corrected chi connectivity index (χ3v) is 5.08. The summed E-state index contributed by atoms with van der Waals surface area (Å²) in [5.41, 5.74) is 7.05. The zero-order valence-corrected chi connectivity index (χ0v) is 14.7. The maximum atomic E-state index is 12.6. The zero-order chi connectivity index (χ0) is 15.6. The van der Waals surface area contributed by atoms with Crippen LogP contribution in [0.25, 0.3) is 0 Å². The van der Waals surface area contributed by atoms with Gasteiger partial charge in [-0.3, -0.25) is 4.79 Å². The number of nitrogens with one attached hydrogen (secondary N) is 1. The summed E-state index contributed by atoms with van der Waals surface area (Å²) in [6, 6.07) is 5.66. The molecule has 1 aromatic rings. The van der Waals surface area contributed by atoms with E-state index in [9.17, 15) is 4.79 Å². The molecule has 0 atom stereocenters. The van der Waals surface area contributed by atoms with Crippen molar-refractivity contribution in [3.63, 3.8) is 0 Å². The lowest BCUT2D eigenvalue weighted by molar-refractivity contribution is 0.0889. The van der Waals surface area contributed by atoms with E-state index < -0.39 is 5.54 Å². The molecule has 0 saturated carbocycles. The first-order chi connectivity index (χ1) is 9.84. The number of rotatable bonds is 3. The third-order valence-electron chi connectivity index (χ3n) is 4.03. The molecule has 0 unspecified atom stereocenters. The molecule has 1 aliphatic rings. The number of thiocarbonyl (C=S) groups is 1. The van der Waals surface area contributed by atoms with E-state index in [1.807, 2.05) is 25.1 Å². The quantitative estimate of drug-likeness (QED) is 0.802. The first-order valence-corrected chi connectivity index (χ1v) is 8.11. The highest BCUT2D eigenvalue weighted by Crippen LogP contribution is 2.24. The summed E-state index contributed by atoms with van der Waals surface area (Å²) in [6.45, 7) is 3.72. The Labute approximate surface area is 139 Å². The van der Waals surface area contributed by atoms with E-state index in [4.69, 9.17) is 18.0 Å². The minimum atomic E-state index is -0.580. The molecule has 0 radical (unpaired) electrons. The number of piperidine rings is 1. The van der Waals surface area contributed by atoms with Gasteiger partial charge in [-0.1, -0.05) is 18.3 Å². The number of halogens is 1. The summed E-state index contributed by atoms with van der Waals surface area (Å²) in [5.74, 6) is -0.140. The Morgan fingerprint density at radius 1 is 1.43 bits per heavy atom. The summed E-state index contributed by atoms with van der Waals surface area (Å²) in [4.78, 5) is 15.1. The molecule has 1 heterocycles. The first kappa shape index (κ1) is 16.4. The number of amides is 1. The van der Waals surface area contributed by atoms with Crippen LogP contribution in [-0.2, 0) is 0 Å². The largest absolute Gasteiger partial charge is 0.391 e. The molecule has 114 valence electrons. The summed E-state index contributed by atoms with van der Waals surface area (Å²) in [5, 5.41) is 3.07. The molecule has 6 heteroatoms. The second-order valence-electron chi connectivity index (χ2n) is 5.69. The Balaban J connectivity index is 2.21. The molecule has 0 spiro atoms. The van der Waals surface area contributed by atoms with Gasteiger partial charge in [0.2, 0.25) is 0 Å². The van der Waals surface area contributed by atoms with Crippen LogP contribution >= 0.6 is 28.1 Å². The molecular formula is C15H20BrN3OS. The molecule has 0 aromatic heterocycles. The number of hydrogen-bond donors (Lipinski definition) is 2. The predicted octanol–water partition coefficient (Wildman–Crippen LogP) is 2.24. The molecule has 21 heavy (non-hydrogen) atoms. The SMILES string of the molecule is Cc1ccc(C(=O)NC2(C(N)=S)CCN(C)CC2)c(Br)c1. The monoisotopic (exact) mass is 369 g/mol. The van der Waals surface area contributed by atoms with Crippen LogP contribution in [0.3, 0.4) is 0 Å². The van der Waals surface area contributed by atoms with Crippen LogP contribution in [0.1, 0.15) is 28.8 Å². The average molecular weight is 370 g/mol. The normalized spacial score (nSPS) is 18.2. The van der Waals surface area contributed by atoms with Crippen LogP contribution in [0, 0.1) is 6.92 Å². The van der Waals surface area contributed by atoms with Gasteiger partial charge in [0.1, 0.15) is 0 Å². The van der Waals surface area contributed by atoms with Crippen LogP contribution in [0.5, 0.6) is 0 Å². The van der Waals surface area contributed by atoms with Crippen molar-refractivity contribution in [1.29, 1.82) is 0 Å². The van der Waals surface area contributed by atoms with E-state index in [2.05, 4.69) is 33.2 Å². The second kappa shape index (κ2) is 6.42. The summed E-state index contributed by atoms with van der Waals surface area (Å²) >= 11 is 8.66. The van der Waals surface area contributed by atoms with Crippen molar-refractivity contribution < 1.29 is 4.79 Å². The predicted molar refractivity (Wildman–Crippen MR) is 92.6 cm³/mol. The minimum absolute atomic E-state index is 0.140. The fourth-order valence-electron chi connectivity index (χ4n) is 2.52. The number of nitrogens with zero attached hydrogens (tertiary/aromatic N) is 1. The Hall–Kier alpha value is -0.980. The highest BCUT2D eigenvalue weighted by Gasteiger charge is 2.38. The Kier molecular flexibility index (Phi) is 5.01. The lowest BCUT2D eigenvalue weighted by Gasteiger charge is -2.40. The first-order valence-electron chi connectivity index (χ1n) is 6.91. The van der Waals surface area contributed by atoms with Crippen molar-refractivity contribution in [3.05, 3.63) is 33.8 Å². The highest BCUT2D eigenvalue weighted by atomic mass is 79.9. The lowest BCUT2D eigenvalue weighted by atomic mass is 9.87. The molecule has 3 N–H and O–H groups in total. The van der Waals surface area contributed by atoms with E-state index in [0.29, 0.717) is 10.6 Å². The maximum Gasteiger partial charge on any atom is 0.253 e. The van der Waals surface area contributed by atoms with Crippen molar-refractivity contribution in [2.45, 2.75) is 25.3 Å². The van der Waals surface area contributed by atoms with E-state index >= 15 is 0 Å². The van der Waals surface area contributed by atoms with E-state index in [1.54, 1.807) is 0 Å². The summed E-state index contributed by atoms with van der Waals surface area (Å²) in [7, 11) is 2.06. The van der Waals surface area contributed by atoms with Gasteiger partial charge in [0.25, 0.3) is 5.91 Å².